The van der Waals surface area contributed by atoms with E-state index in [1.807, 2.05) is 12.1 Å². The van der Waals surface area contributed by atoms with Gasteiger partial charge in [-0.25, -0.2) is 14.4 Å². The number of nitrogens with two attached hydrogens (primary N) is 2. The molecule has 1 fully saturated rings. The molecule has 0 bridgehead atoms. The SMILES string of the molecule is CC(C)(O)c1cccc(N2CCC(CCC#N)(N/C=C(/C(N)=O)C(N)=Nc3ccc(F)cc3)CC2)n1. The summed E-state index contributed by atoms with van der Waals surface area (Å²) in [5, 5.41) is 22.8. The van der Waals surface area contributed by atoms with Crippen molar-refractivity contribution in [2.45, 2.75) is 50.7 Å². The lowest BCUT2D eigenvalue weighted by atomic mass is 9.83. The van der Waals surface area contributed by atoms with E-state index in [1.165, 1.54) is 30.5 Å². The van der Waals surface area contributed by atoms with Gasteiger partial charge in [-0.05, 0) is 69.5 Å². The minimum Gasteiger partial charge on any atom is -0.385 e. The molecule has 10 heteroatoms. The number of carbonyl (C=O) groups excluding carboxylic acids is 1. The van der Waals surface area contributed by atoms with E-state index < -0.39 is 22.9 Å². The van der Waals surface area contributed by atoms with Gasteiger partial charge in [0.1, 0.15) is 23.1 Å². The molecule has 0 unspecified atom stereocenters. The Labute approximate surface area is 210 Å². The van der Waals surface area contributed by atoms with Crippen LogP contribution in [0.1, 0.15) is 45.2 Å². The molecule has 1 aliphatic rings. The number of nitrogens with one attached hydrogen (secondary N) is 1. The third-order valence-electron chi connectivity index (χ3n) is 6.26. The van der Waals surface area contributed by atoms with E-state index in [1.54, 1.807) is 19.9 Å². The number of pyridine rings is 1. The maximum Gasteiger partial charge on any atom is 0.253 e. The van der Waals surface area contributed by atoms with E-state index in [0.29, 0.717) is 50.2 Å². The van der Waals surface area contributed by atoms with Gasteiger partial charge in [-0.3, -0.25) is 4.79 Å². The van der Waals surface area contributed by atoms with Crippen molar-refractivity contribution in [1.82, 2.24) is 10.3 Å². The fourth-order valence-corrected chi connectivity index (χ4v) is 4.08. The number of amidine groups is 1. The van der Waals surface area contributed by atoms with E-state index in [9.17, 15) is 19.6 Å². The number of hydrogen-bond donors (Lipinski definition) is 4. The van der Waals surface area contributed by atoms with Crippen molar-refractivity contribution in [3.63, 3.8) is 0 Å². The lowest BCUT2D eigenvalue weighted by Crippen LogP contribution is -2.52. The molecular weight excluding hydrogens is 461 g/mol. The fraction of sp³-hybridized carbons (Fsp3) is 0.385. The molecule has 1 aromatic heterocycles. The number of aromatic nitrogens is 1. The smallest absolute Gasteiger partial charge is 0.253 e. The quantitative estimate of drug-likeness (QED) is 0.238. The van der Waals surface area contributed by atoms with Crippen molar-refractivity contribution in [1.29, 1.82) is 5.26 Å². The Balaban J connectivity index is 1.79. The van der Waals surface area contributed by atoms with Crippen LogP contribution in [0, 0.1) is 17.1 Å². The largest absolute Gasteiger partial charge is 0.385 e. The lowest BCUT2D eigenvalue weighted by molar-refractivity contribution is -0.114. The van der Waals surface area contributed by atoms with E-state index in [4.69, 9.17) is 11.5 Å². The Morgan fingerprint density at radius 1 is 1.28 bits per heavy atom. The maximum absolute atomic E-state index is 13.2. The lowest BCUT2D eigenvalue weighted by Gasteiger charge is -2.42. The summed E-state index contributed by atoms with van der Waals surface area (Å²) in [5.74, 6) is -0.492. The number of halogens is 1. The number of primary amides is 1. The average Bonchev–Trinajstić information content (AvgIpc) is 2.84. The van der Waals surface area contributed by atoms with Gasteiger partial charge in [0.25, 0.3) is 5.91 Å². The van der Waals surface area contributed by atoms with Gasteiger partial charge in [0, 0.05) is 31.2 Å². The number of rotatable bonds is 9. The zero-order chi connectivity index (χ0) is 26.3. The standard InChI is InChI=1S/C26H32FN7O2/c1-25(2,36)21-5-3-6-22(33-21)34-15-12-26(13-16-34,11-4-14-28)31-17-20(24(30)35)23(29)32-19-9-7-18(27)8-10-19/h3,5-10,17,31,36H,4,11-13,15-16H2,1-2H3,(H2,29,32)(H2,30,35)/b20-17+. The molecule has 6 N–H and O–H groups in total. The zero-order valence-corrected chi connectivity index (χ0v) is 20.5. The Morgan fingerprint density at radius 2 is 1.94 bits per heavy atom. The summed E-state index contributed by atoms with van der Waals surface area (Å²) in [4.78, 5) is 23.1. The predicted molar refractivity (Wildman–Crippen MR) is 137 cm³/mol. The zero-order valence-electron chi connectivity index (χ0n) is 20.5. The van der Waals surface area contributed by atoms with Crippen LogP contribution in [0.2, 0.25) is 0 Å². The monoisotopic (exact) mass is 493 g/mol. The second kappa shape index (κ2) is 11.2. The molecule has 2 heterocycles. The number of benzene rings is 1. The Morgan fingerprint density at radius 3 is 2.53 bits per heavy atom. The number of carbonyl (C=O) groups is 1. The normalized spacial score (nSPS) is 16.4. The molecule has 0 saturated carbocycles. The van der Waals surface area contributed by atoms with Gasteiger partial charge in [0.05, 0.1) is 23.0 Å². The topological polar surface area (TPSA) is 154 Å². The second-order valence-corrected chi connectivity index (χ2v) is 9.41. The summed E-state index contributed by atoms with van der Waals surface area (Å²) >= 11 is 0. The molecule has 9 nitrogen and oxygen atoms in total. The van der Waals surface area contributed by atoms with Crippen LogP contribution in [-0.2, 0) is 10.4 Å². The van der Waals surface area contributed by atoms with Gasteiger partial charge in [0.15, 0.2) is 0 Å². The summed E-state index contributed by atoms with van der Waals surface area (Å²) in [5.41, 5.74) is 11.1. The highest BCUT2D eigenvalue weighted by Crippen LogP contribution is 2.30. The van der Waals surface area contributed by atoms with Gasteiger partial charge in [-0.1, -0.05) is 6.07 Å². The van der Waals surface area contributed by atoms with Crippen molar-refractivity contribution in [2.24, 2.45) is 16.5 Å². The maximum atomic E-state index is 13.2. The first kappa shape index (κ1) is 26.6. The molecule has 0 spiro atoms. The summed E-state index contributed by atoms with van der Waals surface area (Å²) in [7, 11) is 0. The molecule has 190 valence electrons. The first-order chi connectivity index (χ1) is 17.0. The van der Waals surface area contributed by atoms with E-state index in [-0.39, 0.29) is 11.4 Å². The number of nitriles is 1. The number of aliphatic hydroxyl groups is 1. The highest BCUT2D eigenvalue weighted by molar-refractivity contribution is 6.20. The van der Waals surface area contributed by atoms with Crippen molar-refractivity contribution >= 4 is 23.2 Å². The van der Waals surface area contributed by atoms with E-state index in [2.05, 4.69) is 26.3 Å². The fourth-order valence-electron chi connectivity index (χ4n) is 4.08. The molecule has 0 radical (unpaired) electrons. The van der Waals surface area contributed by atoms with Crippen molar-refractivity contribution in [3.05, 3.63) is 65.7 Å². The number of amides is 1. The minimum atomic E-state index is -1.05. The Hall–Kier alpha value is -3.97. The molecular formula is C26H32FN7O2. The number of hydrogen-bond acceptors (Lipinski definition) is 7. The average molecular weight is 494 g/mol. The summed E-state index contributed by atoms with van der Waals surface area (Å²) in [6, 6.07) is 13.1. The molecule has 1 saturated heterocycles. The predicted octanol–water partition coefficient (Wildman–Crippen LogP) is 2.74. The number of piperidine rings is 1. The summed E-state index contributed by atoms with van der Waals surface area (Å²) < 4.78 is 13.2. The van der Waals surface area contributed by atoms with Gasteiger partial charge < -0.3 is 26.8 Å². The van der Waals surface area contributed by atoms with Gasteiger partial charge in [0.2, 0.25) is 0 Å². The molecule has 1 aromatic carbocycles. The van der Waals surface area contributed by atoms with Crippen LogP contribution >= 0.6 is 0 Å². The Bertz CT molecular complexity index is 1170. The van der Waals surface area contributed by atoms with Crippen LogP contribution in [0.25, 0.3) is 0 Å². The van der Waals surface area contributed by atoms with Gasteiger partial charge >= 0.3 is 0 Å². The molecule has 1 aliphatic heterocycles. The van der Waals surface area contributed by atoms with Crippen molar-refractivity contribution in [2.75, 3.05) is 18.0 Å². The van der Waals surface area contributed by atoms with E-state index >= 15 is 0 Å². The number of aliphatic imine (C=N–C) groups is 1. The van der Waals surface area contributed by atoms with Crippen molar-refractivity contribution < 1.29 is 14.3 Å². The van der Waals surface area contributed by atoms with E-state index in [0.717, 1.165) is 5.82 Å². The van der Waals surface area contributed by atoms with Crippen LogP contribution in [0.4, 0.5) is 15.9 Å². The number of anilines is 1. The third-order valence-corrected chi connectivity index (χ3v) is 6.26. The number of nitrogens with zero attached hydrogens (tertiary/aromatic N) is 4. The molecule has 0 atom stereocenters. The summed E-state index contributed by atoms with van der Waals surface area (Å²) in [6.45, 7) is 4.69. The second-order valence-electron chi connectivity index (χ2n) is 9.41. The van der Waals surface area contributed by atoms with Crippen LogP contribution in [0.3, 0.4) is 0 Å². The van der Waals surface area contributed by atoms with Crippen LogP contribution < -0.4 is 21.7 Å². The molecule has 3 rings (SSSR count). The van der Waals surface area contributed by atoms with Crippen LogP contribution in [0.15, 0.2) is 59.2 Å². The highest BCUT2D eigenvalue weighted by atomic mass is 19.1. The Kier molecular flexibility index (Phi) is 8.27. The molecule has 2 aromatic rings. The highest BCUT2D eigenvalue weighted by Gasteiger charge is 2.34. The molecule has 36 heavy (non-hydrogen) atoms. The first-order valence-electron chi connectivity index (χ1n) is 11.7. The molecule has 0 aliphatic carbocycles. The third kappa shape index (κ3) is 6.79. The van der Waals surface area contributed by atoms with Crippen molar-refractivity contribution in [3.8, 4) is 6.07 Å². The van der Waals surface area contributed by atoms with Gasteiger partial charge in [-0.2, -0.15) is 5.26 Å². The van der Waals surface area contributed by atoms with Crippen LogP contribution in [0.5, 0.6) is 0 Å². The van der Waals surface area contributed by atoms with Crippen LogP contribution in [-0.4, -0.2) is 40.5 Å². The molecule has 1 amide bonds. The minimum absolute atomic E-state index is 0.00219. The first-order valence-corrected chi connectivity index (χ1v) is 11.7. The summed E-state index contributed by atoms with van der Waals surface area (Å²) in [6.07, 6.45) is 3.69. The van der Waals surface area contributed by atoms with Gasteiger partial charge in [-0.15, -0.1) is 0 Å².